The molecule has 0 aliphatic heterocycles. The Morgan fingerprint density at radius 1 is 0.824 bits per heavy atom. The standard InChI is InChI=1S/C26H48O8/c1-2-3-4-5-6-7-8-9-10-11-12-13-14-15-16-17-24(30)34-23(21-33-19-18-27)26(32)25(31)22(29)20-28/h9-10,18,22-23,25-26,28-29,31-32H,2-8,11-17,19-21H2,1H3/b10-9-/t22-,23+,25-,26-/m1/s1. The highest BCUT2D eigenvalue weighted by molar-refractivity contribution is 5.69. The van der Waals surface area contributed by atoms with Crippen molar-refractivity contribution in [1.82, 2.24) is 0 Å². The predicted octanol–water partition coefficient (Wildman–Crippen LogP) is 3.23. The van der Waals surface area contributed by atoms with Gasteiger partial charge < -0.3 is 34.7 Å². The first-order valence-corrected chi connectivity index (χ1v) is 13.0. The third kappa shape index (κ3) is 18.1. The lowest BCUT2D eigenvalue weighted by Gasteiger charge is -2.28. The predicted molar refractivity (Wildman–Crippen MR) is 131 cm³/mol. The number of ether oxygens (including phenoxy) is 2. The number of aliphatic hydroxyl groups excluding tert-OH is 4. The largest absolute Gasteiger partial charge is 0.457 e. The van der Waals surface area contributed by atoms with Gasteiger partial charge in [-0.1, -0.05) is 70.4 Å². The Hall–Kier alpha value is -1.32. The van der Waals surface area contributed by atoms with E-state index in [4.69, 9.17) is 14.6 Å². The summed E-state index contributed by atoms with van der Waals surface area (Å²) in [6.45, 7) is 0.905. The van der Waals surface area contributed by atoms with Crippen molar-refractivity contribution in [3.05, 3.63) is 12.2 Å². The highest BCUT2D eigenvalue weighted by Gasteiger charge is 2.33. The molecule has 0 aromatic carbocycles. The Bertz CT molecular complexity index is 511. The van der Waals surface area contributed by atoms with Crippen molar-refractivity contribution >= 4 is 12.3 Å². The van der Waals surface area contributed by atoms with Crippen LogP contribution in [0, 0.1) is 0 Å². The summed E-state index contributed by atoms with van der Waals surface area (Å²) in [4.78, 5) is 22.5. The molecule has 4 atom stereocenters. The third-order valence-electron chi connectivity index (χ3n) is 5.71. The Morgan fingerprint density at radius 2 is 1.38 bits per heavy atom. The number of allylic oxidation sites excluding steroid dienone is 2. The Balaban J connectivity index is 3.95. The monoisotopic (exact) mass is 488 g/mol. The lowest BCUT2D eigenvalue weighted by molar-refractivity contribution is -0.173. The van der Waals surface area contributed by atoms with Crippen molar-refractivity contribution in [2.45, 2.75) is 121 Å². The number of hydrogen-bond donors (Lipinski definition) is 4. The second-order valence-corrected chi connectivity index (χ2v) is 8.80. The van der Waals surface area contributed by atoms with E-state index in [1.165, 1.54) is 44.9 Å². The van der Waals surface area contributed by atoms with E-state index < -0.39 is 37.0 Å². The number of carbonyl (C=O) groups is 2. The van der Waals surface area contributed by atoms with Gasteiger partial charge in [-0.2, -0.15) is 0 Å². The average molecular weight is 489 g/mol. The lowest BCUT2D eigenvalue weighted by atomic mass is 10.0. The van der Waals surface area contributed by atoms with Gasteiger partial charge in [-0.3, -0.25) is 4.79 Å². The number of aldehydes is 1. The molecule has 0 radical (unpaired) electrons. The van der Waals surface area contributed by atoms with E-state index >= 15 is 0 Å². The number of rotatable bonds is 24. The molecule has 0 aromatic heterocycles. The van der Waals surface area contributed by atoms with Crippen LogP contribution in [0.2, 0.25) is 0 Å². The van der Waals surface area contributed by atoms with Gasteiger partial charge in [0.25, 0.3) is 0 Å². The van der Waals surface area contributed by atoms with Crippen molar-refractivity contribution < 1.29 is 39.5 Å². The molecule has 0 aliphatic carbocycles. The molecule has 0 unspecified atom stereocenters. The summed E-state index contributed by atoms with van der Waals surface area (Å²) in [6, 6.07) is 0. The molecule has 0 rings (SSSR count). The first kappa shape index (κ1) is 32.7. The molecule has 0 heterocycles. The molecule has 8 nitrogen and oxygen atoms in total. The summed E-state index contributed by atoms with van der Waals surface area (Å²) < 4.78 is 10.2. The van der Waals surface area contributed by atoms with E-state index in [0.29, 0.717) is 12.7 Å². The number of esters is 1. The van der Waals surface area contributed by atoms with Crippen LogP contribution in [-0.2, 0) is 19.1 Å². The summed E-state index contributed by atoms with van der Waals surface area (Å²) in [6.07, 6.45) is 14.0. The van der Waals surface area contributed by atoms with Gasteiger partial charge >= 0.3 is 5.97 Å². The Labute approximate surface area is 205 Å². The minimum atomic E-state index is -1.72. The van der Waals surface area contributed by atoms with E-state index in [1.54, 1.807) is 0 Å². The van der Waals surface area contributed by atoms with E-state index in [-0.39, 0.29) is 19.6 Å². The number of carbonyl (C=O) groups excluding carboxylic acids is 2. The highest BCUT2D eigenvalue weighted by atomic mass is 16.6. The Morgan fingerprint density at radius 3 is 1.94 bits per heavy atom. The smallest absolute Gasteiger partial charge is 0.306 e. The van der Waals surface area contributed by atoms with Crippen molar-refractivity contribution in [2.75, 3.05) is 19.8 Å². The zero-order valence-electron chi connectivity index (χ0n) is 21.0. The number of unbranched alkanes of at least 4 members (excludes halogenated alkanes) is 11. The molecular weight excluding hydrogens is 440 g/mol. The SMILES string of the molecule is CCCCCCCC/C=C\CCCCCCCC(=O)O[C@@H](COCC=O)[C@@H](O)[C@H](O)[C@H](O)CO. The second-order valence-electron chi connectivity index (χ2n) is 8.80. The van der Waals surface area contributed by atoms with Crippen molar-refractivity contribution in [2.24, 2.45) is 0 Å². The normalized spacial score (nSPS) is 15.2. The van der Waals surface area contributed by atoms with Crippen LogP contribution >= 0.6 is 0 Å². The van der Waals surface area contributed by atoms with Crippen molar-refractivity contribution in [3.8, 4) is 0 Å². The van der Waals surface area contributed by atoms with Crippen LogP contribution in [0.3, 0.4) is 0 Å². The van der Waals surface area contributed by atoms with Gasteiger partial charge in [-0.25, -0.2) is 0 Å². The molecule has 0 bridgehead atoms. The molecule has 0 saturated heterocycles. The van der Waals surface area contributed by atoms with Crippen LogP contribution in [0.4, 0.5) is 0 Å². The fourth-order valence-electron chi connectivity index (χ4n) is 3.56. The molecule has 0 aromatic rings. The first-order chi connectivity index (χ1) is 16.5. The molecule has 0 saturated carbocycles. The van der Waals surface area contributed by atoms with Crippen molar-refractivity contribution in [3.63, 3.8) is 0 Å². The van der Waals surface area contributed by atoms with Gasteiger partial charge in [0, 0.05) is 6.42 Å². The van der Waals surface area contributed by atoms with E-state index in [1.807, 2.05) is 0 Å². The van der Waals surface area contributed by atoms with Crippen LogP contribution in [0.25, 0.3) is 0 Å². The molecular formula is C26H48O8. The second kappa shape index (κ2) is 23.4. The maximum absolute atomic E-state index is 12.1. The summed E-state index contributed by atoms with van der Waals surface area (Å²) >= 11 is 0. The quantitative estimate of drug-likeness (QED) is 0.0704. The van der Waals surface area contributed by atoms with Gasteiger partial charge in [0.05, 0.1) is 13.2 Å². The minimum Gasteiger partial charge on any atom is -0.457 e. The summed E-state index contributed by atoms with van der Waals surface area (Å²) in [5.41, 5.74) is 0. The molecule has 34 heavy (non-hydrogen) atoms. The fraction of sp³-hybridized carbons (Fsp3) is 0.846. The van der Waals surface area contributed by atoms with Crippen LogP contribution in [0.5, 0.6) is 0 Å². The maximum Gasteiger partial charge on any atom is 0.306 e. The third-order valence-corrected chi connectivity index (χ3v) is 5.71. The topological polar surface area (TPSA) is 134 Å². The zero-order chi connectivity index (χ0) is 25.4. The van der Waals surface area contributed by atoms with Crippen LogP contribution in [-0.4, -0.2) is 76.9 Å². The molecule has 0 amide bonds. The highest BCUT2D eigenvalue weighted by Crippen LogP contribution is 2.13. The van der Waals surface area contributed by atoms with Crippen LogP contribution < -0.4 is 0 Å². The van der Waals surface area contributed by atoms with E-state index in [0.717, 1.165) is 32.1 Å². The summed E-state index contributed by atoms with van der Waals surface area (Å²) in [5, 5.41) is 38.4. The molecule has 4 N–H and O–H groups in total. The molecule has 200 valence electrons. The van der Waals surface area contributed by atoms with Crippen LogP contribution in [0.15, 0.2) is 12.2 Å². The molecule has 0 aliphatic rings. The van der Waals surface area contributed by atoms with Crippen LogP contribution in [0.1, 0.15) is 96.8 Å². The van der Waals surface area contributed by atoms with E-state index in [2.05, 4.69) is 19.1 Å². The number of aliphatic hydroxyl groups is 4. The molecule has 8 heteroatoms. The maximum atomic E-state index is 12.1. The van der Waals surface area contributed by atoms with Crippen molar-refractivity contribution in [1.29, 1.82) is 0 Å². The van der Waals surface area contributed by atoms with E-state index in [9.17, 15) is 24.9 Å². The number of hydrogen-bond acceptors (Lipinski definition) is 8. The lowest BCUT2D eigenvalue weighted by Crippen LogP contribution is -2.49. The molecule has 0 fully saturated rings. The first-order valence-electron chi connectivity index (χ1n) is 13.0. The van der Waals surface area contributed by atoms with Gasteiger partial charge in [0.2, 0.25) is 0 Å². The van der Waals surface area contributed by atoms with Gasteiger partial charge in [-0.05, 0) is 32.1 Å². The van der Waals surface area contributed by atoms with Gasteiger partial charge in [0.1, 0.15) is 31.2 Å². The summed E-state index contributed by atoms with van der Waals surface area (Å²) in [7, 11) is 0. The van der Waals surface area contributed by atoms with Gasteiger partial charge in [0.15, 0.2) is 6.10 Å². The average Bonchev–Trinajstić information content (AvgIpc) is 2.84. The Kier molecular flexibility index (Phi) is 22.5. The van der Waals surface area contributed by atoms with Gasteiger partial charge in [-0.15, -0.1) is 0 Å². The minimum absolute atomic E-state index is 0.160. The fourth-order valence-corrected chi connectivity index (χ4v) is 3.56. The molecule has 0 spiro atoms. The summed E-state index contributed by atoms with van der Waals surface area (Å²) in [5.74, 6) is -0.554. The zero-order valence-corrected chi connectivity index (χ0v) is 21.0.